The summed E-state index contributed by atoms with van der Waals surface area (Å²) in [5, 5.41) is 5.10. The Morgan fingerprint density at radius 2 is 1.94 bits per heavy atom. The van der Waals surface area contributed by atoms with Crippen LogP contribution in [0.25, 0.3) is 11.3 Å². The number of rotatable bonds is 9. The lowest BCUT2D eigenvalue weighted by Gasteiger charge is -2.34. The molecule has 0 aliphatic carbocycles. The van der Waals surface area contributed by atoms with E-state index in [0.717, 1.165) is 48.5 Å². The second-order valence-electron chi connectivity index (χ2n) is 8.80. The summed E-state index contributed by atoms with van der Waals surface area (Å²) in [5.41, 5.74) is 3.31. The number of carbonyl (C=O) groups is 1. The largest absolute Gasteiger partial charge is 0.385 e. The van der Waals surface area contributed by atoms with Gasteiger partial charge < -0.3 is 19.1 Å². The van der Waals surface area contributed by atoms with Crippen molar-refractivity contribution in [1.29, 1.82) is 0 Å². The number of amides is 1. The van der Waals surface area contributed by atoms with Gasteiger partial charge in [-0.2, -0.15) is 0 Å². The molecule has 3 aromatic rings. The Morgan fingerprint density at radius 3 is 2.65 bits per heavy atom. The minimum atomic E-state index is -0.0503. The molecule has 1 aliphatic rings. The Bertz CT molecular complexity index is 1070. The topological polar surface area (TPSA) is 58.8 Å². The van der Waals surface area contributed by atoms with Gasteiger partial charge in [-0.3, -0.25) is 4.79 Å². The summed E-state index contributed by atoms with van der Waals surface area (Å²) in [6, 6.07) is 17.4. The Morgan fingerprint density at radius 1 is 1.18 bits per heavy atom. The minimum Gasteiger partial charge on any atom is -0.385 e. The van der Waals surface area contributed by atoms with Gasteiger partial charge in [-0.25, -0.2) is 0 Å². The lowest BCUT2D eigenvalue weighted by molar-refractivity contribution is 0.0724. The third-order valence-corrected chi connectivity index (χ3v) is 6.63. The van der Waals surface area contributed by atoms with Crippen LogP contribution in [0.15, 0.2) is 59.1 Å². The van der Waals surface area contributed by atoms with Crippen LogP contribution >= 0.6 is 11.6 Å². The summed E-state index contributed by atoms with van der Waals surface area (Å²) in [5.74, 6) is 0.720. The zero-order valence-electron chi connectivity index (χ0n) is 19.9. The molecule has 1 unspecified atom stereocenters. The van der Waals surface area contributed by atoms with Crippen LogP contribution in [0.1, 0.15) is 48.5 Å². The van der Waals surface area contributed by atoms with Crippen molar-refractivity contribution < 1.29 is 14.1 Å². The number of anilines is 1. The Labute approximate surface area is 206 Å². The van der Waals surface area contributed by atoms with Gasteiger partial charge in [-0.1, -0.05) is 47.1 Å². The van der Waals surface area contributed by atoms with Crippen LogP contribution in [0.5, 0.6) is 0 Å². The number of carbonyl (C=O) groups excluding carboxylic acids is 1. The van der Waals surface area contributed by atoms with Crippen molar-refractivity contribution in [2.24, 2.45) is 0 Å². The second-order valence-corrected chi connectivity index (χ2v) is 9.24. The fraction of sp³-hybridized carbons (Fsp3) is 0.407. The van der Waals surface area contributed by atoms with E-state index in [1.807, 2.05) is 35.2 Å². The first-order valence-corrected chi connectivity index (χ1v) is 12.3. The first-order chi connectivity index (χ1) is 16.6. The molecule has 4 rings (SSSR count). The molecule has 6 nitrogen and oxygen atoms in total. The molecule has 180 valence electrons. The number of ether oxygens (including phenoxy) is 1. The summed E-state index contributed by atoms with van der Waals surface area (Å²) in [6.45, 7) is 4.69. The predicted octanol–water partition coefficient (Wildman–Crippen LogP) is 6.05. The lowest BCUT2D eigenvalue weighted by atomic mass is 10.0. The van der Waals surface area contributed by atoms with Crippen molar-refractivity contribution >= 4 is 23.4 Å². The molecular formula is C27H32ClN3O3. The monoisotopic (exact) mass is 481 g/mol. The zero-order valence-corrected chi connectivity index (χ0v) is 20.6. The molecule has 1 fully saturated rings. The fourth-order valence-corrected chi connectivity index (χ4v) is 4.64. The van der Waals surface area contributed by atoms with Gasteiger partial charge >= 0.3 is 0 Å². The molecule has 34 heavy (non-hydrogen) atoms. The molecule has 1 amide bonds. The van der Waals surface area contributed by atoms with Gasteiger partial charge in [0.1, 0.15) is 5.69 Å². The van der Waals surface area contributed by atoms with E-state index in [4.69, 9.17) is 20.9 Å². The number of hydrogen-bond donors (Lipinski definition) is 0. The standard InChI is InChI=1S/C27H32ClN3O3/c1-20-9-6-7-17-31(20)27-24(25(29-34-27)21-10-4-3-5-11-21)19-30(16-8-18-33-2)26(32)22-12-14-23(28)15-13-22/h3-5,10-15,20H,6-9,16-19H2,1-2H3. The highest BCUT2D eigenvalue weighted by atomic mass is 35.5. The first-order valence-electron chi connectivity index (χ1n) is 11.9. The van der Waals surface area contributed by atoms with E-state index < -0.39 is 0 Å². The van der Waals surface area contributed by atoms with E-state index in [9.17, 15) is 4.79 Å². The van der Waals surface area contributed by atoms with Gasteiger partial charge in [0.2, 0.25) is 5.88 Å². The SMILES string of the molecule is COCCCN(Cc1c(-c2ccccc2)noc1N1CCCCC1C)C(=O)c1ccc(Cl)cc1. The van der Waals surface area contributed by atoms with E-state index in [1.54, 1.807) is 31.4 Å². The molecule has 0 radical (unpaired) electrons. The van der Waals surface area contributed by atoms with Gasteiger partial charge in [0.05, 0.1) is 12.1 Å². The van der Waals surface area contributed by atoms with Crippen LogP contribution in [-0.2, 0) is 11.3 Å². The number of aromatic nitrogens is 1. The smallest absolute Gasteiger partial charge is 0.254 e. The van der Waals surface area contributed by atoms with Crippen molar-refractivity contribution in [3.63, 3.8) is 0 Å². The van der Waals surface area contributed by atoms with E-state index >= 15 is 0 Å². The summed E-state index contributed by atoms with van der Waals surface area (Å²) < 4.78 is 11.2. The molecule has 7 heteroatoms. The van der Waals surface area contributed by atoms with Crippen LogP contribution < -0.4 is 4.90 Å². The zero-order chi connectivity index (χ0) is 23.9. The number of nitrogens with zero attached hydrogens (tertiary/aromatic N) is 3. The summed E-state index contributed by atoms with van der Waals surface area (Å²) in [6.07, 6.45) is 4.18. The van der Waals surface area contributed by atoms with E-state index in [2.05, 4.69) is 17.0 Å². The third kappa shape index (κ3) is 5.62. The van der Waals surface area contributed by atoms with E-state index in [0.29, 0.717) is 36.3 Å². The van der Waals surface area contributed by atoms with E-state index in [1.165, 1.54) is 6.42 Å². The Kier molecular flexibility index (Phi) is 8.25. The van der Waals surface area contributed by atoms with Gasteiger partial charge in [0.15, 0.2) is 0 Å². The molecule has 1 saturated heterocycles. The molecule has 0 bridgehead atoms. The quantitative estimate of drug-likeness (QED) is 0.348. The van der Waals surface area contributed by atoms with Gasteiger partial charge in [0, 0.05) is 49.0 Å². The number of hydrogen-bond acceptors (Lipinski definition) is 5. The molecule has 1 aliphatic heterocycles. The maximum atomic E-state index is 13.6. The summed E-state index contributed by atoms with van der Waals surface area (Å²) in [7, 11) is 1.68. The van der Waals surface area contributed by atoms with Crippen molar-refractivity contribution in [2.45, 2.75) is 45.2 Å². The number of halogens is 1. The number of benzene rings is 2. The molecule has 0 spiro atoms. The normalized spacial score (nSPS) is 16.0. The highest BCUT2D eigenvalue weighted by molar-refractivity contribution is 6.30. The molecular weight excluding hydrogens is 450 g/mol. The summed E-state index contributed by atoms with van der Waals surface area (Å²) >= 11 is 6.05. The van der Waals surface area contributed by atoms with Crippen LogP contribution in [0.4, 0.5) is 5.88 Å². The third-order valence-electron chi connectivity index (χ3n) is 6.38. The number of piperidine rings is 1. The first kappa shape index (κ1) is 24.3. The highest BCUT2D eigenvalue weighted by Crippen LogP contribution is 2.35. The lowest BCUT2D eigenvalue weighted by Crippen LogP contribution is -2.38. The molecule has 1 atom stereocenters. The van der Waals surface area contributed by atoms with Gasteiger partial charge in [0.25, 0.3) is 5.91 Å². The molecule has 1 aromatic heterocycles. The second kappa shape index (κ2) is 11.5. The fourth-order valence-electron chi connectivity index (χ4n) is 4.51. The van der Waals surface area contributed by atoms with Crippen molar-refractivity contribution in [3.8, 4) is 11.3 Å². The highest BCUT2D eigenvalue weighted by Gasteiger charge is 2.30. The van der Waals surface area contributed by atoms with Gasteiger partial charge in [-0.05, 0) is 56.9 Å². The predicted molar refractivity (Wildman–Crippen MR) is 135 cm³/mol. The van der Waals surface area contributed by atoms with Crippen molar-refractivity contribution in [3.05, 3.63) is 70.7 Å². The van der Waals surface area contributed by atoms with Crippen molar-refractivity contribution in [1.82, 2.24) is 10.1 Å². The Balaban J connectivity index is 1.71. The Hall–Kier alpha value is -2.83. The maximum absolute atomic E-state index is 13.6. The van der Waals surface area contributed by atoms with Crippen LogP contribution in [0.3, 0.4) is 0 Å². The van der Waals surface area contributed by atoms with Crippen molar-refractivity contribution in [2.75, 3.05) is 31.7 Å². The van der Waals surface area contributed by atoms with Crippen LogP contribution in [-0.4, -0.2) is 48.8 Å². The minimum absolute atomic E-state index is 0.0503. The molecule has 0 saturated carbocycles. The average Bonchev–Trinajstić information content (AvgIpc) is 3.27. The van der Waals surface area contributed by atoms with Crippen LogP contribution in [0, 0.1) is 0 Å². The maximum Gasteiger partial charge on any atom is 0.254 e. The average molecular weight is 482 g/mol. The van der Waals surface area contributed by atoms with Crippen LogP contribution in [0.2, 0.25) is 5.02 Å². The van der Waals surface area contributed by atoms with Gasteiger partial charge in [-0.15, -0.1) is 0 Å². The molecule has 2 aromatic carbocycles. The van der Waals surface area contributed by atoms with E-state index in [-0.39, 0.29) is 5.91 Å². The molecule has 0 N–H and O–H groups in total. The summed E-state index contributed by atoms with van der Waals surface area (Å²) in [4.78, 5) is 17.7. The molecule has 2 heterocycles. The number of methoxy groups -OCH3 is 1.